The van der Waals surface area contributed by atoms with Crippen LogP contribution in [0.2, 0.25) is 5.02 Å². The highest BCUT2D eigenvalue weighted by atomic mass is 35.5. The number of aryl methyl sites for hydroxylation is 1. The predicted molar refractivity (Wildman–Crippen MR) is 82.8 cm³/mol. The lowest BCUT2D eigenvalue weighted by molar-refractivity contribution is 0.0102. The van der Waals surface area contributed by atoms with Gasteiger partial charge in [-0.25, -0.2) is 9.37 Å². The van der Waals surface area contributed by atoms with E-state index in [2.05, 4.69) is 16.5 Å². The molecule has 2 aromatic rings. The number of benzene rings is 1. The van der Waals surface area contributed by atoms with Crippen LogP contribution in [0.3, 0.4) is 0 Å². The first-order valence-electron chi connectivity index (χ1n) is 7.06. The van der Waals surface area contributed by atoms with E-state index >= 15 is 0 Å². The second-order valence-corrected chi connectivity index (χ2v) is 6.50. The van der Waals surface area contributed by atoms with Crippen LogP contribution in [-0.4, -0.2) is 28.6 Å². The van der Waals surface area contributed by atoms with Gasteiger partial charge in [-0.1, -0.05) is 11.6 Å². The minimum atomic E-state index is -0.428. The van der Waals surface area contributed by atoms with E-state index in [1.807, 2.05) is 0 Å². The van der Waals surface area contributed by atoms with Crippen molar-refractivity contribution in [2.75, 3.05) is 19.1 Å². The normalized spacial score (nSPS) is 22.9. The van der Waals surface area contributed by atoms with Crippen LogP contribution in [-0.2, 0) is 16.7 Å². The van der Waals surface area contributed by atoms with Gasteiger partial charge in [-0.2, -0.15) is 0 Å². The monoisotopic (exact) mass is 330 g/mol. The second kappa shape index (κ2) is 5.75. The SMILES string of the molecule is CC1(n2c(CCCl)nc3cc(Cl)c(F)cc32)CCCOC1. The van der Waals surface area contributed by atoms with Crippen LogP contribution in [0.4, 0.5) is 4.39 Å². The van der Waals surface area contributed by atoms with Gasteiger partial charge < -0.3 is 9.30 Å². The molecule has 3 rings (SSSR count). The topological polar surface area (TPSA) is 27.1 Å². The summed E-state index contributed by atoms with van der Waals surface area (Å²) in [6.07, 6.45) is 2.58. The molecule has 0 spiro atoms. The maximum Gasteiger partial charge on any atom is 0.144 e. The van der Waals surface area contributed by atoms with Gasteiger partial charge in [0.1, 0.15) is 11.6 Å². The number of nitrogens with zero attached hydrogens (tertiary/aromatic N) is 2. The number of imidazole rings is 1. The zero-order chi connectivity index (χ0) is 15.0. The second-order valence-electron chi connectivity index (χ2n) is 5.71. The average molecular weight is 331 g/mol. The molecule has 0 radical (unpaired) electrons. The Labute approximate surface area is 133 Å². The van der Waals surface area contributed by atoms with Crippen LogP contribution in [0, 0.1) is 5.82 Å². The molecule has 1 aliphatic rings. The van der Waals surface area contributed by atoms with Gasteiger partial charge in [-0.15, -0.1) is 11.6 Å². The minimum absolute atomic E-state index is 0.0922. The molecule has 0 bridgehead atoms. The van der Waals surface area contributed by atoms with Crippen molar-refractivity contribution in [3.8, 4) is 0 Å². The summed E-state index contributed by atoms with van der Waals surface area (Å²) in [7, 11) is 0. The molecule has 1 aliphatic heterocycles. The highest BCUT2D eigenvalue weighted by Gasteiger charge is 2.33. The first-order valence-corrected chi connectivity index (χ1v) is 7.97. The lowest BCUT2D eigenvalue weighted by Gasteiger charge is -2.36. The summed E-state index contributed by atoms with van der Waals surface area (Å²) < 4.78 is 21.6. The Hall–Kier alpha value is -0.840. The van der Waals surface area contributed by atoms with Crippen molar-refractivity contribution in [3.05, 3.63) is 28.8 Å². The van der Waals surface area contributed by atoms with Crippen molar-refractivity contribution in [1.82, 2.24) is 9.55 Å². The Morgan fingerprint density at radius 1 is 1.48 bits per heavy atom. The first kappa shape index (κ1) is 15.1. The Bertz CT molecular complexity index is 665. The zero-order valence-corrected chi connectivity index (χ0v) is 13.3. The van der Waals surface area contributed by atoms with Crippen LogP contribution in [0.15, 0.2) is 12.1 Å². The molecule has 0 N–H and O–H groups in total. The van der Waals surface area contributed by atoms with Crippen LogP contribution >= 0.6 is 23.2 Å². The van der Waals surface area contributed by atoms with E-state index in [-0.39, 0.29) is 10.6 Å². The van der Waals surface area contributed by atoms with Crippen molar-refractivity contribution in [2.24, 2.45) is 0 Å². The van der Waals surface area contributed by atoms with Gasteiger partial charge in [0, 0.05) is 25.0 Å². The molecule has 3 nitrogen and oxygen atoms in total. The molecular weight excluding hydrogens is 314 g/mol. The maximum absolute atomic E-state index is 13.9. The average Bonchev–Trinajstić information content (AvgIpc) is 2.78. The highest BCUT2D eigenvalue weighted by molar-refractivity contribution is 6.31. The van der Waals surface area contributed by atoms with E-state index in [9.17, 15) is 4.39 Å². The van der Waals surface area contributed by atoms with Gasteiger partial charge >= 0.3 is 0 Å². The van der Waals surface area contributed by atoms with Crippen molar-refractivity contribution in [1.29, 1.82) is 0 Å². The fourth-order valence-electron chi connectivity index (χ4n) is 3.07. The molecule has 2 heterocycles. The van der Waals surface area contributed by atoms with E-state index in [1.54, 1.807) is 6.07 Å². The summed E-state index contributed by atoms with van der Waals surface area (Å²) in [6.45, 7) is 3.49. The molecule has 114 valence electrons. The lowest BCUT2D eigenvalue weighted by Crippen LogP contribution is -2.40. The predicted octanol–water partition coefficient (Wildman–Crippen LogP) is 4.14. The Morgan fingerprint density at radius 3 is 2.95 bits per heavy atom. The highest BCUT2D eigenvalue weighted by Crippen LogP contribution is 2.34. The summed E-state index contributed by atoms with van der Waals surface area (Å²) >= 11 is 11.8. The van der Waals surface area contributed by atoms with Crippen molar-refractivity contribution >= 4 is 34.2 Å². The largest absolute Gasteiger partial charge is 0.379 e. The quantitative estimate of drug-likeness (QED) is 0.791. The van der Waals surface area contributed by atoms with Gasteiger partial charge in [-0.3, -0.25) is 0 Å². The number of fused-ring (bicyclic) bond motifs is 1. The number of ether oxygens (including phenoxy) is 1. The summed E-state index contributed by atoms with van der Waals surface area (Å²) in [5, 5.41) is 0.0922. The van der Waals surface area contributed by atoms with E-state index < -0.39 is 5.82 Å². The molecular formula is C15H17Cl2FN2O. The summed E-state index contributed by atoms with van der Waals surface area (Å²) in [5.74, 6) is 0.897. The molecule has 1 saturated heterocycles. The van der Waals surface area contributed by atoms with Crippen LogP contribution in [0.5, 0.6) is 0 Å². The zero-order valence-electron chi connectivity index (χ0n) is 11.8. The number of alkyl halides is 1. The fraction of sp³-hybridized carbons (Fsp3) is 0.533. The number of rotatable bonds is 3. The van der Waals surface area contributed by atoms with E-state index in [4.69, 9.17) is 27.9 Å². The Balaban J connectivity index is 2.22. The summed E-state index contributed by atoms with van der Waals surface area (Å²) in [4.78, 5) is 4.60. The molecule has 1 aromatic heterocycles. The number of hydrogen-bond acceptors (Lipinski definition) is 2. The van der Waals surface area contributed by atoms with E-state index in [0.29, 0.717) is 24.4 Å². The van der Waals surface area contributed by atoms with Crippen LogP contribution < -0.4 is 0 Å². The van der Waals surface area contributed by atoms with E-state index in [0.717, 1.165) is 30.8 Å². The van der Waals surface area contributed by atoms with Crippen molar-refractivity contribution < 1.29 is 9.13 Å². The van der Waals surface area contributed by atoms with Crippen LogP contribution in [0.25, 0.3) is 11.0 Å². The summed E-state index contributed by atoms with van der Waals surface area (Å²) in [5.41, 5.74) is 1.23. The smallest absolute Gasteiger partial charge is 0.144 e. The Morgan fingerprint density at radius 2 is 2.29 bits per heavy atom. The molecule has 0 amide bonds. The third kappa shape index (κ3) is 2.65. The van der Waals surface area contributed by atoms with Gasteiger partial charge in [0.25, 0.3) is 0 Å². The van der Waals surface area contributed by atoms with Gasteiger partial charge in [0.15, 0.2) is 0 Å². The minimum Gasteiger partial charge on any atom is -0.379 e. The summed E-state index contributed by atoms with van der Waals surface area (Å²) in [6, 6.07) is 3.04. The fourth-order valence-corrected chi connectivity index (χ4v) is 3.40. The van der Waals surface area contributed by atoms with Crippen LogP contribution in [0.1, 0.15) is 25.6 Å². The number of hydrogen-bond donors (Lipinski definition) is 0. The van der Waals surface area contributed by atoms with Gasteiger partial charge in [0.2, 0.25) is 0 Å². The standard InChI is InChI=1S/C15H17Cl2FN2O/c1-15(4-2-6-21-9-15)20-13-8-11(18)10(17)7-12(13)19-14(20)3-5-16/h7-8H,2-6,9H2,1H3. The van der Waals surface area contributed by atoms with Crippen molar-refractivity contribution in [3.63, 3.8) is 0 Å². The molecule has 0 aliphatic carbocycles. The third-order valence-electron chi connectivity index (χ3n) is 4.04. The molecule has 1 atom stereocenters. The molecule has 0 saturated carbocycles. The molecule has 21 heavy (non-hydrogen) atoms. The molecule has 1 unspecified atom stereocenters. The maximum atomic E-state index is 13.9. The number of halogens is 3. The Kier molecular flexibility index (Phi) is 4.12. The van der Waals surface area contributed by atoms with E-state index in [1.165, 1.54) is 6.07 Å². The number of aromatic nitrogens is 2. The van der Waals surface area contributed by atoms with Gasteiger partial charge in [-0.05, 0) is 25.8 Å². The lowest BCUT2D eigenvalue weighted by atomic mass is 9.94. The molecule has 6 heteroatoms. The first-order chi connectivity index (χ1) is 10.0. The molecule has 1 fully saturated rings. The van der Waals surface area contributed by atoms with Gasteiger partial charge in [0.05, 0.1) is 28.2 Å². The third-order valence-corrected chi connectivity index (χ3v) is 4.52. The molecule has 1 aromatic carbocycles. The van der Waals surface area contributed by atoms with Crippen molar-refractivity contribution in [2.45, 2.75) is 31.7 Å².